The van der Waals surface area contributed by atoms with Crippen molar-refractivity contribution >= 4 is 22.6 Å². The molecule has 0 spiro atoms. The molecular formula is C30H30N6O. The average molecular weight is 491 g/mol. The van der Waals surface area contributed by atoms with E-state index in [2.05, 4.69) is 78.4 Å². The van der Waals surface area contributed by atoms with Gasteiger partial charge >= 0.3 is 0 Å². The first-order valence-electron chi connectivity index (χ1n) is 12.7. The van der Waals surface area contributed by atoms with Crippen molar-refractivity contribution in [2.45, 2.75) is 13.1 Å². The summed E-state index contributed by atoms with van der Waals surface area (Å²) in [4.78, 5) is 25.2. The van der Waals surface area contributed by atoms with Crippen LogP contribution in [-0.2, 0) is 13.1 Å². The number of hydrogen-bond acceptors (Lipinski definition) is 4. The van der Waals surface area contributed by atoms with Crippen molar-refractivity contribution in [2.75, 3.05) is 31.5 Å². The lowest BCUT2D eigenvalue weighted by molar-refractivity contribution is 0.102. The minimum absolute atomic E-state index is 0.169. The van der Waals surface area contributed by atoms with Gasteiger partial charge in [0.1, 0.15) is 5.52 Å². The van der Waals surface area contributed by atoms with Gasteiger partial charge in [-0.2, -0.15) is 0 Å². The van der Waals surface area contributed by atoms with Crippen LogP contribution in [0.1, 0.15) is 21.5 Å². The number of nitrogens with zero attached hydrogens (tertiary/aromatic N) is 4. The Morgan fingerprint density at radius 2 is 1.54 bits per heavy atom. The molecule has 2 aromatic heterocycles. The van der Waals surface area contributed by atoms with Gasteiger partial charge in [-0.25, -0.2) is 4.98 Å². The van der Waals surface area contributed by atoms with Crippen LogP contribution in [0, 0.1) is 0 Å². The number of nitrogens with one attached hydrogen (secondary N) is 2. The van der Waals surface area contributed by atoms with Crippen LogP contribution in [0.5, 0.6) is 0 Å². The zero-order chi connectivity index (χ0) is 25.0. The van der Waals surface area contributed by atoms with E-state index in [9.17, 15) is 4.79 Å². The zero-order valence-corrected chi connectivity index (χ0v) is 20.7. The summed E-state index contributed by atoms with van der Waals surface area (Å²) in [5.74, 6) is -0.169. The Bertz CT molecular complexity index is 1480. The smallest absolute Gasteiger partial charge is 0.257 e. The summed E-state index contributed by atoms with van der Waals surface area (Å²) >= 11 is 0. The van der Waals surface area contributed by atoms with Crippen molar-refractivity contribution in [1.82, 2.24) is 24.3 Å². The first-order valence-corrected chi connectivity index (χ1v) is 12.7. The number of carbonyl (C=O) groups excluding carboxylic acids is 1. The maximum atomic E-state index is 12.8. The predicted octanol–water partition coefficient (Wildman–Crippen LogP) is 4.92. The summed E-state index contributed by atoms with van der Waals surface area (Å²) in [7, 11) is 0. The van der Waals surface area contributed by atoms with Crippen molar-refractivity contribution in [1.29, 1.82) is 0 Å². The molecule has 7 heteroatoms. The molecule has 5 aromatic rings. The monoisotopic (exact) mass is 490 g/mol. The Labute approximate surface area is 216 Å². The van der Waals surface area contributed by atoms with E-state index in [0.717, 1.165) is 56.2 Å². The Kier molecular flexibility index (Phi) is 6.54. The van der Waals surface area contributed by atoms with Gasteiger partial charge in [0.15, 0.2) is 0 Å². The van der Waals surface area contributed by atoms with Crippen molar-refractivity contribution in [3.8, 4) is 5.69 Å². The summed E-state index contributed by atoms with van der Waals surface area (Å²) in [6, 6.07) is 26.4. The summed E-state index contributed by atoms with van der Waals surface area (Å²) < 4.78 is 2.14. The molecule has 0 saturated carbocycles. The number of H-pyrrole nitrogens is 1. The third-order valence-corrected chi connectivity index (χ3v) is 6.99. The van der Waals surface area contributed by atoms with E-state index in [1.807, 2.05) is 36.4 Å². The third-order valence-electron chi connectivity index (χ3n) is 6.99. The Hall–Kier alpha value is -4.20. The average Bonchev–Trinajstić information content (AvgIpc) is 3.61. The molecule has 2 N–H and O–H groups in total. The van der Waals surface area contributed by atoms with Crippen LogP contribution in [0.25, 0.3) is 16.7 Å². The molecule has 0 unspecified atom stereocenters. The highest BCUT2D eigenvalue weighted by atomic mass is 16.1. The fraction of sp³-hybridized carbons (Fsp3) is 0.200. The second kappa shape index (κ2) is 10.4. The summed E-state index contributed by atoms with van der Waals surface area (Å²) in [5.41, 5.74) is 6.58. The highest BCUT2D eigenvalue weighted by Gasteiger charge is 2.17. The molecule has 0 aliphatic carbocycles. The van der Waals surface area contributed by atoms with Crippen LogP contribution in [0.15, 0.2) is 97.6 Å². The fourth-order valence-electron chi connectivity index (χ4n) is 4.96. The number of aromatic amines is 1. The second-order valence-corrected chi connectivity index (χ2v) is 9.57. The lowest BCUT2D eigenvalue weighted by Gasteiger charge is -2.34. The Balaban J connectivity index is 1.03. The molecule has 37 heavy (non-hydrogen) atoms. The molecule has 1 aliphatic rings. The topological polar surface area (TPSA) is 69.2 Å². The number of aromatic nitrogens is 3. The number of benzene rings is 3. The molecule has 1 saturated heterocycles. The molecule has 0 radical (unpaired) electrons. The van der Waals surface area contributed by atoms with E-state index >= 15 is 0 Å². The lowest BCUT2D eigenvalue weighted by atomic mass is 10.1. The Morgan fingerprint density at radius 3 is 2.30 bits per heavy atom. The maximum absolute atomic E-state index is 12.8. The summed E-state index contributed by atoms with van der Waals surface area (Å²) in [6.07, 6.45) is 5.91. The van der Waals surface area contributed by atoms with E-state index in [4.69, 9.17) is 0 Å². The summed E-state index contributed by atoms with van der Waals surface area (Å²) in [6.45, 7) is 6.34. The molecule has 3 heterocycles. The molecular weight excluding hydrogens is 460 g/mol. The van der Waals surface area contributed by atoms with Gasteiger partial charge in [-0.15, -0.1) is 0 Å². The van der Waals surface area contributed by atoms with Gasteiger partial charge < -0.3 is 14.9 Å². The fourth-order valence-corrected chi connectivity index (χ4v) is 4.96. The number of hydrogen-bond donors (Lipinski definition) is 2. The number of amides is 1. The zero-order valence-electron chi connectivity index (χ0n) is 20.7. The van der Waals surface area contributed by atoms with E-state index in [1.54, 1.807) is 12.4 Å². The quantitative estimate of drug-likeness (QED) is 0.340. The van der Waals surface area contributed by atoms with Crippen molar-refractivity contribution in [3.05, 3.63) is 114 Å². The Morgan fingerprint density at radius 1 is 0.811 bits per heavy atom. The van der Waals surface area contributed by atoms with E-state index < -0.39 is 0 Å². The minimum atomic E-state index is -0.169. The third kappa shape index (κ3) is 5.33. The van der Waals surface area contributed by atoms with Crippen molar-refractivity contribution in [2.24, 2.45) is 0 Å². The van der Waals surface area contributed by atoms with Gasteiger partial charge in [0.05, 0.1) is 17.4 Å². The van der Waals surface area contributed by atoms with Gasteiger partial charge in [-0.1, -0.05) is 36.4 Å². The SMILES string of the molecule is O=C(Nc1ccc(-n2ccc(CN3CCN(Cc4ccccc4)CC3)c2)cc1)c1cccc2[nH]cnc12. The van der Waals surface area contributed by atoms with Crippen LogP contribution in [0.2, 0.25) is 0 Å². The first-order chi connectivity index (χ1) is 18.2. The first kappa shape index (κ1) is 23.2. The number of fused-ring (bicyclic) bond motifs is 1. The van der Waals surface area contributed by atoms with Crippen LogP contribution in [0.4, 0.5) is 5.69 Å². The van der Waals surface area contributed by atoms with Crippen LogP contribution in [-0.4, -0.2) is 56.4 Å². The van der Waals surface area contributed by atoms with Crippen LogP contribution < -0.4 is 5.32 Å². The van der Waals surface area contributed by atoms with Crippen LogP contribution >= 0.6 is 0 Å². The molecule has 6 rings (SSSR count). The molecule has 0 bridgehead atoms. The molecule has 1 aliphatic heterocycles. The standard InChI is InChI=1S/C30H30N6O/c37-30(27-7-4-8-28-29(27)32-22-31-28)33-25-9-11-26(12-10-25)36-14-13-24(21-36)20-35-17-15-34(16-18-35)19-23-5-2-1-3-6-23/h1-14,21-22H,15-20H2,(H,31,32)(H,33,37). The maximum Gasteiger partial charge on any atom is 0.257 e. The molecule has 186 valence electrons. The highest BCUT2D eigenvalue weighted by Crippen LogP contribution is 2.19. The van der Waals surface area contributed by atoms with Gasteiger partial charge in [0, 0.05) is 63.0 Å². The van der Waals surface area contributed by atoms with E-state index in [-0.39, 0.29) is 5.91 Å². The number of piperazine rings is 1. The van der Waals surface area contributed by atoms with E-state index in [1.165, 1.54) is 11.1 Å². The number of anilines is 1. The molecule has 7 nitrogen and oxygen atoms in total. The number of rotatable bonds is 7. The van der Waals surface area contributed by atoms with E-state index in [0.29, 0.717) is 11.1 Å². The molecule has 1 amide bonds. The summed E-state index contributed by atoms with van der Waals surface area (Å²) in [5, 5.41) is 2.98. The largest absolute Gasteiger partial charge is 0.345 e. The molecule has 3 aromatic carbocycles. The lowest BCUT2D eigenvalue weighted by Crippen LogP contribution is -2.45. The number of imidazole rings is 1. The van der Waals surface area contributed by atoms with Crippen molar-refractivity contribution < 1.29 is 4.79 Å². The number of para-hydroxylation sites is 1. The van der Waals surface area contributed by atoms with Crippen molar-refractivity contribution in [3.63, 3.8) is 0 Å². The van der Waals surface area contributed by atoms with Gasteiger partial charge in [-0.3, -0.25) is 14.6 Å². The molecule has 1 fully saturated rings. The minimum Gasteiger partial charge on any atom is -0.345 e. The van der Waals surface area contributed by atoms with Gasteiger partial charge in [0.2, 0.25) is 0 Å². The normalized spacial score (nSPS) is 14.7. The molecule has 0 atom stereocenters. The van der Waals surface area contributed by atoms with Gasteiger partial charge in [-0.05, 0) is 53.6 Å². The number of carbonyl (C=O) groups is 1. The van der Waals surface area contributed by atoms with Crippen LogP contribution in [0.3, 0.4) is 0 Å². The van der Waals surface area contributed by atoms with Gasteiger partial charge in [0.25, 0.3) is 5.91 Å². The second-order valence-electron chi connectivity index (χ2n) is 9.57. The highest BCUT2D eigenvalue weighted by molar-refractivity contribution is 6.11. The predicted molar refractivity (Wildman–Crippen MR) is 147 cm³/mol.